The van der Waals surface area contributed by atoms with Gasteiger partial charge in [-0.25, -0.2) is 0 Å². The Kier molecular flexibility index (Phi) is 5.90. The molecule has 0 aromatic heterocycles. The maximum atomic E-state index is 12.8. The summed E-state index contributed by atoms with van der Waals surface area (Å²) in [6, 6.07) is 7.17. The first-order valence-corrected chi connectivity index (χ1v) is 10.7. The zero-order valence-electron chi connectivity index (χ0n) is 16.5. The zero-order valence-corrected chi connectivity index (χ0v) is 17.3. The van der Waals surface area contributed by atoms with E-state index < -0.39 is 5.41 Å². The number of nitrogens with zero attached hydrogens (tertiary/aromatic N) is 3. The Bertz CT molecular complexity index is 801. The third-order valence-corrected chi connectivity index (χ3v) is 6.70. The third kappa shape index (κ3) is 4.32. The Morgan fingerprint density at radius 2 is 1.69 bits per heavy atom. The van der Waals surface area contributed by atoms with Gasteiger partial charge in [-0.3, -0.25) is 29.1 Å². The maximum absolute atomic E-state index is 12.8. The Morgan fingerprint density at radius 1 is 1.03 bits per heavy atom. The Hall–Kier alpha value is -1.96. The molecule has 3 amide bonds. The molecule has 1 aromatic rings. The highest BCUT2D eigenvalue weighted by atomic mass is 35.5. The minimum absolute atomic E-state index is 0.0292. The molecule has 8 heteroatoms. The second-order valence-electron chi connectivity index (χ2n) is 8.35. The van der Waals surface area contributed by atoms with E-state index in [9.17, 15) is 14.4 Å². The molecule has 2 heterocycles. The van der Waals surface area contributed by atoms with Crippen LogP contribution < -0.4 is 5.32 Å². The summed E-state index contributed by atoms with van der Waals surface area (Å²) in [6.45, 7) is 3.56. The van der Waals surface area contributed by atoms with Crippen molar-refractivity contribution in [2.24, 2.45) is 5.41 Å². The van der Waals surface area contributed by atoms with Crippen molar-refractivity contribution >= 4 is 35.0 Å². The monoisotopic (exact) mass is 418 g/mol. The van der Waals surface area contributed by atoms with E-state index in [4.69, 9.17) is 11.6 Å². The van der Waals surface area contributed by atoms with E-state index in [1.807, 2.05) is 12.1 Å². The second-order valence-corrected chi connectivity index (χ2v) is 8.76. The summed E-state index contributed by atoms with van der Waals surface area (Å²) in [5.41, 5.74) is 0.208. The van der Waals surface area contributed by atoms with E-state index in [2.05, 4.69) is 15.1 Å². The lowest BCUT2D eigenvalue weighted by Gasteiger charge is -2.36. The predicted molar refractivity (Wildman–Crippen MR) is 110 cm³/mol. The number of benzene rings is 1. The molecule has 0 atom stereocenters. The van der Waals surface area contributed by atoms with Crippen LogP contribution in [0.5, 0.6) is 0 Å². The van der Waals surface area contributed by atoms with Crippen LogP contribution >= 0.6 is 11.6 Å². The average Bonchev–Trinajstić information content (AvgIpc) is 3.26. The highest BCUT2D eigenvalue weighted by Crippen LogP contribution is 2.46. The first-order chi connectivity index (χ1) is 14.0. The summed E-state index contributed by atoms with van der Waals surface area (Å²) in [6.07, 6.45) is 4.17. The number of carbonyl (C=O) groups excluding carboxylic acids is 3. The van der Waals surface area contributed by atoms with Crippen molar-refractivity contribution in [3.63, 3.8) is 0 Å². The van der Waals surface area contributed by atoms with Crippen molar-refractivity contribution < 1.29 is 14.4 Å². The smallest absolute Gasteiger partial charge is 0.238 e. The summed E-state index contributed by atoms with van der Waals surface area (Å²) in [7, 11) is 0. The number of hydrogen-bond donors (Lipinski definition) is 1. The SMILES string of the molecule is O=C(CN1CCN(CN2C(=O)CC3(CCCC3)C2=O)CC1)Nc1ccccc1Cl. The van der Waals surface area contributed by atoms with Gasteiger partial charge >= 0.3 is 0 Å². The molecule has 1 spiro atoms. The highest BCUT2D eigenvalue weighted by molar-refractivity contribution is 6.33. The minimum atomic E-state index is -0.407. The van der Waals surface area contributed by atoms with Crippen molar-refractivity contribution in [1.82, 2.24) is 14.7 Å². The second kappa shape index (κ2) is 8.42. The number of carbonyl (C=O) groups is 3. The first-order valence-electron chi connectivity index (χ1n) is 10.3. The average molecular weight is 419 g/mol. The number of halogens is 1. The van der Waals surface area contributed by atoms with E-state index in [1.165, 1.54) is 4.90 Å². The standard InChI is InChI=1S/C21H27ClN4O3/c22-16-5-1-2-6-17(16)23-18(27)14-24-9-11-25(12-10-24)15-26-19(28)13-21(20(26)29)7-3-4-8-21/h1-2,5-6H,3-4,7-15H2,(H,23,27). The van der Waals surface area contributed by atoms with Crippen molar-refractivity contribution in [2.45, 2.75) is 32.1 Å². The van der Waals surface area contributed by atoms with Gasteiger partial charge in [0.25, 0.3) is 0 Å². The fourth-order valence-corrected chi connectivity index (χ4v) is 4.87. The molecular weight excluding hydrogens is 392 g/mol. The number of nitrogens with one attached hydrogen (secondary N) is 1. The van der Waals surface area contributed by atoms with E-state index >= 15 is 0 Å². The Balaban J connectivity index is 1.24. The van der Waals surface area contributed by atoms with Gasteiger partial charge in [-0.2, -0.15) is 0 Å². The van der Waals surface area contributed by atoms with Crippen LogP contribution in [0.25, 0.3) is 0 Å². The van der Waals surface area contributed by atoms with Crippen LogP contribution in [0.15, 0.2) is 24.3 Å². The summed E-state index contributed by atoms with van der Waals surface area (Å²) in [4.78, 5) is 43.2. The van der Waals surface area contributed by atoms with Gasteiger partial charge in [-0.05, 0) is 25.0 Å². The number of anilines is 1. The van der Waals surface area contributed by atoms with Gasteiger partial charge in [0.2, 0.25) is 17.7 Å². The summed E-state index contributed by atoms with van der Waals surface area (Å²) in [5, 5.41) is 3.36. The topological polar surface area (TPSA) is 73.0 Å². The third-order valence-electron chi connectivity index (χ3n) is 6.37. The lowest BCUT2D eigenvalue weighted by atomic mass is 9.85. The van der Waals surface area contributed by atoms with Crippen LogP contribution in [-0.2, 0) is 14.4 Å². The molecular formula is C21H27ClN4O3. The number of rotatable bonds is 5. The summed E-state index contributed by atoms with van der Waals surface area (Å²) < 4.78 is 0. The molecule has 3 aliphatic rings. The lowest BCUT2D eigenvalue weighted by molar-refractivity contribution is -0.144. The molecule has 2 aliphatic heterocycles. The highest BCUT2D eigenvalue weighted by Gasteiger charge is 2.52. The predicted octanol–water partition coefficient (Wildman–Crippen LogP) is 2.17. The molecule has 1 aromatic carbocycles. The molecule has 2 saturated heterocycles. The largest absolute Gasteiger partial charge is 0.324 e. The molecule has 156 valence electrons. The number of likely N-dealkylation sites (tertiary alicyclic amines) is 1. The molecule has 29 heavy (non-hydrogen) atoms. The van der Waals surface area contributed by atoms with Crippen LogP contribution in [-0.4, -0.2) is 71.8 Å². The van der Waals surface area contributed by atoms with E-state index in [-0.39, 0.29) is 17.7 Å². The van der Waals surface area contributed by atoms with Crippen LogP contribution in [0.1, 0.15) is 32.1 Å². The van der Waals surface area contributed by atoms with Gasteiger partial charge in [-0.1, -0.05) is 36.6 Å². The van der Waals surface area contributed by atoms with Crippen molar-refractivity contribution in [1.29, 1.82) is 0 Å². The zero-order chi connectivity index (χ0) is 20.4. The van der Waals surface area contributed by atoms with Crippen molar-refractivity contribution in [3.05, 3.63) is 29.3 Å². The maximum Gasteiger partial charge on any atom is 0.238 e. The Morgan fingerprint density at radius 3 is 2.38 bits per heavy atom. The summed E-state index contributed by atoms with van der Waals surface area (Å²) >= 11 is 6.08. The molecule has 1 saturated carbocycles. The van der Waals surface area contributed by atoms with Gasteiger partial charge in [0, 0.05) is 32.6 Å². The first kappa shape index (κ1) is 20.3. The van der Waals surface area contributed by atoms with Crippen molar-refractivity contribution in [2.75, 3.05) is 44.7 Å². The number of piperazine rings is 1. The molecule has 7 nitrogen and oxygen atoms in total. The Labute approximate surface area is 176 Å². The molecule has 0 radical (unpaired) electrons. The lowest BCUT2D eigenvalue weighted by Crippen LogP contribution is -2.52. The van der Waals surface area contributed by atoms with Gasteiger partial charge < -0.3 is 5.32 Å². The molecule has 1 N–H and O–H groups in total. The minimum Gasteiger partial charge on any atom is -0.324 e. The number of amides is 3. The molecule has 0 unspecified atom stereocenters. The van der Waals surface area contributed by atoms with Crippen LogP contribution in [0, 0.1) is 5.41 Å². The fraction of sp³-hybridized carbons (Fsp3) is 0.571. The van der Waals surface area contributed by atoms with Crippen molar-refractivity contribution in [3.8, 4) is 0 Å². The normalized spacial score (nSPS) is 22.6. The molecule has 0 bridgehead atoms. The van der Waals surface area contributed by atoms with Gasteiger partial charge in [0.15, 0.2) is 0 Å². The van der Waals surface area contributed by atoms with Gasteiger partial charge in [0.1, 0.15) is 0 Å². The summed E-state index contributed by atoms with van der Waals surface area (Å²) in [5.74, 6) is -0.0976. The molecule has 3 fully saturated rings. The van der Waals surface area contributed by atoms with Crippen LogP contribution in [0.4, 0.5) is 5.69 Å². The fourth-order valence-electron chi connectivity index (χ4n) is 4.69. The van der Waals surface area contributed by atoms with Gasteiger partial charge in [0.05, 0.1) is 29.3 Å². The molecule has 4 rings (SSSR count). The number of hydrogen-bond acceptors (Lipinski definition) is 5. The number of para-hydroxylation sites is 1. The van der Waals surface area contributed by atoms with E-state index in [1.54, 1.807) is 12.1 Å². The number of imide groups is 1. The van der Waals surface area contributed by atoms with Crippen LogP contribution in [0.3, 0.4) is 0 Å². The quantitative estimate of drug-likeness (QED) is 0.742. The van der Waals surface area contributed by atoms with Crippen LogP contribution in [0.2, 0.25) is 5.02 Å². The molecule has 1 aliphatic carbocycles. The van der Waals surface area contributed by atoms with E-state index in [0.717, 1.165) is 51.9 Å². The van der Waals surface area contributed by atoms with Gasteiger partial charge in [-0.15, -0.1) is 0 Å². The van der Waals surface area contributed by atoms with E-state index in [0.29, 0.717) is 30.3 Å².